The van der Waals surface area contributed by atoms with Crippen LogP contribution < -0.4 is 0 Å². The van der Waals surface area contributed by atoms with E-state index in [1.54, 1.807) is 0 Å². The summed E-state index contributed by atoms with van der Waals surface area (Å²) in [5, 5.41) is 10.6. The molecule has 216 valence electrons. The number of rotatable bonds is 3. The van der Waals surface area contributed by atoms with Crippen LogP contribution in [0.2, 0.25) is 0 Å². The molecule has 5 saturated carbocycles. The van der Waals surface area contributed by atoms with Crippen molar-refractivity contribution in [1.82, 2.24) is 0 Å². The molecule has 5 fully saturated rings. The van der Waals surface area contributed by atoms with Crippen LogP contribution in [0.1, 0.15) is 105 Å². The zero-order valence-electron chi connectivity index (χ0n) is 25.7. The number of Topliss-reactive ketones (excluding diaryl/α,β-unsaturated/α-hetero) is 1. The molecule has 0 amide bonds. The summed E-state index contributed by atoms with van der Waals surface area (Å²) < 4.78 is 0. The van der Waals surface area contributed by atoms with E-state index in [9.17, 15) is 14.7 Å². The molecule has 0 heterocycles. The Morgan fingerprint density at radius 3 is 2.25 bits per heavy atom. The van der Waals surface area contributed by atoms with E-state index in [1.165, 1.54) is 5.57 Å². The third-order valence-corrected chi connectivity index (χ3v) is 14.2. The van der Waals surface area contributed by atoms with E-state index < -0.39 is 11.4 Å². The third-order valence-electron chi connectivity index (χ3n) is 14.2. The van der Waals surface area contributed by atoms with E-state index in [-0.39, 0.29) is 27.6 Å². The molecule has 0 bridgehead atoms. The van der Waals surface area contributed by atoms with E-state index in [1.807, 2.05) is 6.07 Å². The summed E-state index contributed by atoms with van der Waals surface area (Å²) in [6.45, 7) is 18.6. The Bertz CT molecular complexity index is 1270. The molecule has 3 heteroatoms. The number of carbonyl (C=O) groups is 2. The number of aliphatic carboxylic acids is 1. The van der Waals surface area contributed by atoms with Gasteiger partial charge in [-0.3, -0.25) is 9.59 Å². The maximum absolute atomic E-state index is 14.0. The van der Waals surface area contributed by atoms with E-state index in [4.69, 9.17) is 0 Å². The van der Waals surface area contributed by atoms with Crippen LogP contribution >= 0.6 is 0 Å². The van der Waals surface area contributed by atoms with Crippen molar-refractivity contribution in [3.05, 3.63) is 53.6 Å². The minimum absolute atomic E-state index is 0.0454. The van der Waals surface area contributed by atoms with Crippen LogP contribution in [0.3, 0.4) is 0 Å². The molecule has 0 saturated heterocycles. The lowest BCUT2D eigenvalue weighted by Crippen LogP contribution is -2.67. The number of hydrogen-bond donors (Lipinski definition) is 1. The maximum atomic E-state index is 14.0. The highest BCUT2D eigenvalue weighted by molar-refractivity contribution is 6.04. The molecule has 0 radical (unpaired) electrons. The zero-order chi connectivity index (χ0) is 28.9. The molecule has 3 nitrogen and oxygen atoms in total. The van der Waals surface area contributed by atoms with E-state index in [0.29, 0.717) is 29.5 Å². The van der Waals surface area contributed by atoms with Gasteiger partial charge in [0.2, 0.25) is 0 Å². The number of benzene rings is 1. The Labute approximate surface area is 241 Å². The van der Waals surface area contributed by atoms with Crippen molar-refractivity contribution in [3.8, 4) is 0 Å². The highest BCUT2D eigenvalue weighted by Gasteiger charge is 2.72. The summed E-state index contributed by atoms with van der Waals surface area (Å²) in [5.74, 6) is 1.60. The molecule has 9 unspecified atom stereocenters. The Balaban J connectivity index is 1.42. The molecule has 40 heavy (non-hydrogen) atoms. The van der Waals surface area contributed by atoms with Crippen LogP contribution in [0.4, 0.5) is 0 Å². The molecular formula is C37H50O3. The van der Waals surface area contributed by atoms with Gasteiger partial charge >= 0.3 is 5.97 Å². The average molecular weight is 543 g/mol. The second kappa shape index (κ2) is 8.92. The summed E-state index contributed by atoms with van der Waals surface area (Å²) >= 11 is 0. The van der Waals surface area contributed by atoms with Crippen molar-refractivity contribution < 1.29 is 14.7 Å². The Hall–Kier alpha value is -2.16. The smallest absolute Gasteiger partial charge is 0.309 e. The average Bonchev–Trinajstić information content (AvgIpc) is 3.30. The predicted molar refractivity (Wildman–Crippen MR) is 161 cm³/mol. The van der Waals surface area contributed by atoms with Gasteiger partial charge in [0, 0.05) is 5.41 Å². The Kier molecular flexibility index (Phi) is 6.24. The van der Waals surface area contributed by atoms with Gasteiger partial charge in [-0.1, -0.05) is 77.1 Å². The Morgan fingerprint density at radius 1 is 0.900 bits per heavy atom. The van der Waals surface area contributed by atoms with Crippen molar-refractivity contribution in [2.45, 2.75) is 99.3 Å². The normalized spacial score (nSPS) is 46.6. The minimum atomic E-state index is -0.580. The maximum Gasteiger partial charge on any atom is 0.309 e. The number of allylic oxidation sites excluding steroid dienone is 2. The largest absolute Gasteiger partial charge is 0.481 e. The zero-order valence-corrected chi connectivity index (χ0v) is 25.7. The molecule has 1 N–H and O–H groups in total. The molecule has 0 aliphatic heterocycles. The lowest BCUT2D eigenvalue weighted by atomic mass is 9.32. The van der Waals surface area contributed by atoms with Crippen molar-refractivity contribution in [2.24, 2.45) is 56.7 Å². The van der Waals surface area contributed by atoms with Gasteiger partial charge in [-0.2, -0.15) is 0 Å². The first-order chi connectivity index (χ1) is 18.7. The van der Waals surface area contributed by atoms with E-state index in [2.05, 4.69) is 78.5 Å². The monoisotopic (exact) mass is 542 g/mol. The lowest BCUT2D eigenvalue weighted by molar-refractivity contribution is -0.231. The van der Waals surface area contributed by atoms with Gasteiger partial charge < -0.3 is 5.11 Å². The number of ketones is 1. The third kappa shape index (κ3) is 3.48. The van der Waals surface area contributed by atoms with Crippen LogP contribution in [0.5, 0.6) is 0 Å². The van der Waals surface area contributed by atoms with Gasteiger partial charge in [-0.15, -0.1) is 0 Å². The van der Waals surface area contributed by atoms with Gasteiger partial charge in [-0.25, -0.2) is 0 Å². The summed E-state index contributed by atoms with van der Waals surface area (Å²) in [7, 11) is 0. The summed E-state index contributed by atoms with van der Waals surface area (Å²) in [4.78, 5) is 26.9. The molecule has 5 aliphatic rings. The van der Waals surface area contributed by atoms with Crippen molar-refractivity contribution in [2.75, 3.05) is 0 Å². The van der Waals surface area contributed by atoms with Gasteiger partial charge in [0.05, 0.1) is 5.41 Å². The summed E-state index contributed by atoms with van der Waals surface area (Å²) in [5.41, 5.74) is 2.60. The summed E-state index contributed by atoms with van der Waals surface area (Å²) in [6, 6.07) is 10.3. The van der Waals surface area contributed by atoms with Crippen molar-refractivity contribution in [1.29, 1.82) is 0 Å². The first-order valence-electron chi connectivity index (χ1n) is 15.9. The molecular weight excluding hydrogens is 492 g/mol. The molecule has 0 aromatic heterocycles. The fourth-order valence-corrected chi connectivity index (χ4v) is 12.2. The molecule has 5 aliphatic carbocycles. The predicted octanol–water partition coefficient (Wildman–Crippen LogP) is 8.99. The number of hydrogen-bond acceptors (Lipinski definition) is 2. The fraction of sp³-hybridized carbons (Fsp3) is 0.676. The van der Waals surface area contributed by atoms with Crippen LogP contribution in [-0.2, 0) is 9.59 Å². The molecule has 0 spiro atoms. The molecule has 6 rings (SSSR count). The topological polar surface area (TPSA) is 54.4 Å². The van der Waals surface area contributed by atoms with Crippen LogP contribution in [0.15, 0.2) is 48.1 Å². The van der Waals surface area contributed by atoms with Crippen LogP contribution in [0, 0.1) is 56.7 Å². The number of carboxylic acid groups (broad SMARTS) is 1. The highest BCUT2D eigenvalue weighted by atomic mass is 16.4. The second-order valence-electron chi connectivity index (χ2n) is 16.0. The van der Waals surface area contributed by atoms with Crippen LogP contribution in [0.25, 0.3) is 6.08 Å². The molecule has 9 atom stereocenters. The molecule has 1 aromatic carbocycles. The van der Waals surface area contributed by atoms with Gasteiger partial charge in [0.15, 0.2) is 5.78 Å². The molecule has 1 aromatic rings. The highest BCUT2D eigenvalue weighted by Crippen LogP contribution is 2.77. The summed E-state index contributed by atoms with van der Waals surface area (Å²) in [6.07, 6.45) is 11.1. The van der Waals surface area contributed by atoms with Gasteiger partial charge in [-0.05, 0) is 128 Å². The fourth-order valence-electron chi connectivity index (χ4n) is 12.2. The lowest BCUT2D eigenvalue weighted by Gasteiger charge is -2.72. The first-order valence-corrected chi connectivity index (χ1v) is 15.9. The van der Waals surface area contributed by atoms with E-state index >= 15 is 0 Å². The van der Waals surface area contributed by atoms with Crippen molar-refractivity contribution >= 4 is 17.8 Å². The van der Waals surface area contributed by atoms with Gasteiger partial charge in [0.1, 0.15) is 0 Å². The standard InChI is InChI=1S/C37H50O3/c1-23(2)26-15-18-37(32(39)40)20-19-35(6)27(30(26)37)13-14-29-34(5)22-25(21-24-11-9-8-10-12-24)31(38)33(3,4)28(34)16-17-36(29,35)7/h8-12,21,26-30H,1,13-20,22H2,2-7H3,(H,39,40). The SMILES string of the molecule is C=C(C)C1CCC2(C(=O)O)CCC3(C)C(CCC4C5(C)CC(=Cc6ccccc6)C(=O)C(C)(C)C5CCC43C)C12. The van der Waals surface area contributed by atoms with Gasteiger partial charge in [0.25, 0.3) is 0 Å². The number of fused-ring (bicyclic) bond motifs is 7. The number of carbonyl (C=O) groups excluding carboxylic acids is 1. The quantitative estimate of drug-likeness (QED) is 0.306. The second-order valence-corrected chi connectivity index (χ2v) is 16.0. The Morgan fingerprint density at radius 2 is 1.60 bits per heavy atom. The first kappa shape index (κ1) is 28.0. The van der Waals surface area contributed by atoms with Crippen molar-refractivity contribution in [3.63, 3.8) is 0 Å². The van der Waals surface area contributed by atoms with E-state index in [0.717, 1.165) is 68.9 Å². The number of carboxylic acids is 1. The minimum Gasteiger partial charge on any atom is -0.481 e. The van der Waals surface area contributed by atoms with Crippen LogP contribution in [-0.4, -0.2) is 16.9 Å².